The van der Waals surface area contributed by atoms with Crippen molar-refractivity contribution >= 4 is 21.6 Å². The van der Waals surface area contributed by atoms with Crippen molar-refractivity contribution in [3.8, 4) is 0 Å². The molecule has 2 aromatic rings. The zero-order chi connectivity index (χ0) is 20.1. The summed E-state index contributed by atoms with van der Waals surface area (Å²) in [6, 6.07) is 0. The summed E-state index contributed by atoms with van der Waals surface area (Å²) in [4.78, 5) is 24.6. The largest absolute Gasteiger partial charge is 0.389 e. The van der Waals surface area contributed by atoms with Gasteiger partial charge in [0, 0.05) is 18.0 Å². The molecule has 0 saturated heterocycles. The van der Waals surface area contributed by atoms with E-state index in [1.165, 1.54) is 10.4 Å². The maximum absolute atomic E-state index is 12.7. The predicted octanol–water partition coefficient (Wildman–Crippen LogP) is 2.66. The number of hydrogen-bond donors (Lipinski definition) is 2. The van der Waals surface area contributed by atoms with Crippen LogP contribution < -0.4 is 5.56 Å². The third-order valence-corrected chi connectivity index (χ3v) is 6.14. The number of aliphatic hydroxyl groups excluding tert-OH is 1. The molecule has 0 aliphatic heterocycles. The number of aromatic nitrogens is 2. The summed E-state index contributed by atoms with van der Waals surface area (Å²) in [7, 11) is 0. The molecule has 2 atom stereocenters. The van der Waals surface area contributed by atoms with E-state index in [9.17, 15) is 9.90 Å². The Morgan fingerprint density at radius 1 is 1.46 bits per heavy atom. The molecule has 0 saturated carbocycles. The van der Waals surface area contributed by atoms with Gasteiger partial charge < -0.3 is 14.8 Å². The lowest BCUT2D eigenvalue weighted by Crippen LogP contribution is -2.35. The molecular weight excluding hydrogens is 374 g/mol. The highest BCUT2D eigenvalue weighted by Gasteiger charge is 2.23. The maximum Gasteiger partial charge on any atom is 0.259 e. The van der Waals surface area contributed by atoms with Crippen molar-refractivity contribution in [2.24, 2.45) is 5.92 Å². The number of aromatic amines is 1. The Morgan fingerprint density at radius 2 is 2.29 bits per heavy atom. The number of nitrogens with one attached hydrogen (secondary N) is 1. The predicted molar refractivity (Wildman–Crippen MR) is 114 cm³/mol. The minimum atomic E-state index is -0.633. The molecular formula is C21H29N3O3S. The van der Waals surface area contributed by atoms with Crippen LogP contribution in [0, 0.1) is 5.92 Å². The molecule has 0 spiro atoms. The van der Waals surface area contributed by atoms with Gasteiger partial charge in [0.25, 0.3) is 5.56 Å². The number of H-pyrrole nitrogens is 1. The van der Waals surface area contributed by atoms with Crippen LogP contribution in [0.4, 0.5) is 0 Å². The highest BCUT2D eigenvalue weighted by Crippen LogP contribution is 2.35. The molecule has 0 amide bonds. The van der Waals surface area contributed by atoms with Gasteiger partial charge in [-0.15, -0.1) is 24.5 Å². The van der Waals surface area contributed by atoms with Crippen molar-refractivity contribution in [2.45, 2.75) is 38.8 Å². The molecule has 7 heteroatoms. The summed E-state index contributed by atoms with van der Waals surface area (Å²) in [6.07, 6.45) is 5.91. The van der Waals surface area contributed by atoms with Gasteiger partial charge in [0.15, 0.2) is 0 Å². The number of nitrogens with zero attached hydrogens (tertiary/aromatic N) is 2. The lowest BCUT2D eigenvalue weighted by Gasteiger charge is -2.23. The van der Waals surface area contributed by atoms with E-state index in [1.54, 1.807) is 23.5 Å². The molecule has 2 aromatic heterocycles. The van der Waals surface area contributed by atoms with Crippen molar-refractivity contribution in [2.75, 3.05) is 26.3 Å². The molecule has 1 aliphatic carbocycles. The van der Waals surface area contributed by atoms with Crippen LogP contribution in [-0.2, 0) is 24.1 Å². The van der Waals surface area contributed by atoms with Gasteiger partial charge in [0.2, 0.25) is 0 Å². The SMILES string of the molecule is C=CCOC[C@H](O)CN(CC=C)Cc1nc2sc3c(c2c(=O)[nH]1)CC[C@@H](C)C3. The van der Waals surface area contributed by atoms with E-state index in [0.717, 1.165) is 29.5 Å². The number of aryl methyl sites for hydroxylation is 1. The molecule has 0 fully saturated rings. The maximum atomic E-state index is 12.7. The quantitative estimate of drug-likeness (QED) is 0.471. The Kier molecular flexibility index (Phi) is 7.18. The number of fused-ring (bicyclic) bond motifs is 3. The normalized spacial score (nSPS) is 17.6. The molecule has 6 nitrogen and oxygen atoms in total. The highest BCUT2D eigenvalue weighted by atomic mass is 32.1. The van der Waals surface area contributed by atoms with Crippen LogP contribution in [0.1, 0.15) is 29.6 Å². The fourth-order valence-corrected chi connectivity index (χ4v) is 5.11. The first-order chi connectivity index (χ1) is 13.5. The van der Waals surface area contributed by atoms with Gasteiger partial charge in [0.1, 0.15) is 10.7 Å². The second-order valence-electron chi connectivity index (χ2n) is 7.51. The van der Waals surface area contributed by atoms with E-state index < -0.39 is 6.10 Å². The summed E-state index contributed by atoms with van der Waals surface area (Å²) in [6.45, 7) is 11.7. The number of thiophene rings is 1. The molecule has 152 valence electrons. The van der Waals surface area contributed by atoms with Crippen LogP contribution in [0.2, 0.25) is 0 Å². The smallest absolute Gasteiger partial charge is 0.259 e. The summed E-state index contributed by atoms with van der Waals surface area (Å²) in [5.74, 6) is 1.28. The second kappa shape index (κ2) is 9.60. The second-order valence-corrected chi connectivity index (χ2v) is 8.59. The molecule has 3 rings (SSSR count). The van der Waals surface area contributed by atoms with Crippen molar-refractivity contribution in [1.29, 1.82) is 0 Å². The van der Waals surface area contributed by atoms with Gasteiger partial charge >= 0.3 is 0 Å². The van der Waals surface area contributed by atoms with Crippen molar-refractivity contribution in [3.05, 3.63) is 51.9 Å². The van der Waals surface area contributed by atoms with Crippen molar-refractivity contribution < 1.29 is 9.84 Å². The number of aliphatic hydroxyl groups is 1. The summed E-state index contributed by atoms with van der Waals surface area (Å²) < 4.78 is 5.31. The van der Waals surface area contributed by atoms with E-state index in [-0.39, 0.29) is 12.2 Å². The first kappa shape index (κ1) is 20.9. The molecule has 0 unspecified atom stereocenters. The van der Waals surface area contributed by atoms with Gasteiger partial charge in [-0.3, -0.25) is 9.69 Å². The summed E-state index contributed by atoms with van der Waals surface area (Å²) >= 11 is 1.65. The van der Waals surface area contributed by atoms with Crippen molar-refractivity contribution in [1.82, 2.24) is 14.9 Å². The average molecular weight is 404 g/mol. The zero-order valence-corrected chi connectivity index (χ0v) is 17.3. The Hall–Kier alpha value is -1.80. The van der Waals surface area contributed by atoms with Gasteiger partial charge in [0.05, 0.1) is 31.2 Å². The zero-order valence-electron chi connectivity index (χ0n) is 16.4. The van der Waals surface area contributed by atoms with Crippen LogP contribution in [-0.4, -0.2) is 52.4 Å². The van der Waals surface area contributed by atoms with Crippen LogP contribution in [0.25, 0.3) is 10.2 Å². The lowest BCUT2D eigenvalue weighted by atomic mass is 9.89. The van der Waals surface area contributed by atoms with E-state index >= 15 is 0 Å². The Balaban J connectivity index is 1.77. The first-order valence-corrected chi connectivity index (χ1v) is 10.6. The molecule has 0 bridgehead atoms. The Bertz CT molecular complexity index is 889. The minimum Gasteiger partial charge on any atom is -0.389 e. The Morgan fingerprint density at radius 3 is 3.04 bits per heavy atom. The third-order valence-electron chi connectivity index (χ3n) is 4.99. The molecule has 28 heavy (non-hydrogen) atoms. The van der Waals surface area contributed by atoms with Gasteiger partial charge in [-0.05, 0) is 30.7 Å². The van der Waals surface area contributed by atoms with Gasteiger partial charge in [-0.25, -0.2) is 4.98 Å². The van der Waals surface area contributed by atoms with E-state index in [0.29, 0.717) is 38.0 Å². The van der Waals surface area contributed by atoms with Gasteiger partial charge in [-0.2, -0.15) is 0 Å². The highest BCUT2D eigenvalue weighted by molar-refractivity contribution is 7.18. The van der Waals surface area contributed by atoms with E-state index in [4.69, 9.17) is 9.72 Å². The topological polar surface area (TPSA) is 78.5 Å². The molecule has 2 heterocycles. The fraction of sp³-hybridized carbons (Fsp3) is 0.524. The number of hydrogen-bond acceptors (Lipinski definition) is 6. The van der Waals surface area contributed by atoms with Crippen LogP contribution >= 0.6 is 11.3 Å². The summed E-state index contributed by atoms with van der Waals surface area (Å²) in [5.41, 5.74) is 1.14. The molecule has 0 aromatic carbocycles. The first-order valence-electron chi connectivity index (χ1n) is 9.75. The fourth-order valence-electron chi connectivity index (χ4n) is 3.70. The minimum absolute atomic E-state index is 0.0551. The van der Waals surface area contributed by atoms with Crippen LogP contribution in [0.5, 0.6) is 0 Å². The Labute approximate surface area is 169 Å². The molecule has 0 radical (unpaired) electrons. The lowest BCUT2D eigenvalue weighted by molar-refractivity contribution is 0.0265. The van der Waals surface area contributed by atoms with E-state index in [2.05, 4.69) is 25.1 Å². The summed E-state index contributed by atoms with van der Waals surface area (Å²) in [5, 5.41) is 11.0. The van der Waals surface area contributed by atoms with Crippen LogP contribution in [0.15, 0.2) is 30.1 Å². The van der Waals surface area contributed by atoms with Crippen molar-refractivity contribution in [3.63, 3.8) is 0 Å². The molecule has 1 aliphatic rings. The van der Waals surface area contributed by atoms with Gasteiger partial charge in [-0.1, -0.05) is 19.1 Å². The number of ether oxygens (including phenoxy) is 1. The molecule has 2 N–H and O–H groups in total. The monoisotopic (exact) mass is 403 g/mol. The number of rotatable bonds is 10. The average Bonchev–Trinajstić information content (AvgIpc) is 2.99. The van der Waals surface area contributed by atoms with Crippen LogP contribution in [0.3, 0.4) is 0 Å². The third kappa shape index (κ3) is 4.97. The standard InChI is InChI=1S/C21H29N3O3S/c1-4-8-24(11-15(25)13-27-9-5-2)12-18-22-20(26)19-16-7-6-14(3)10-17(16)28-21(19)23-18/h4-5,14-15,25H,1-2,6-13H2,3H3,(H,22,23,26)/t14-,15-/m1/s1. The van der Waals surface area contributed by atoms with E-state index in [1.807, 2.05) is 4.90 Å².